The SMILES string of the molecule is CC(C)C(C)SCCCOc1ccc(N)cc1. The lowest BCUT2D eigenvalue weighted by atomic mass is 10.2. The van der Waals surface area contributed by atoms with Gasteiger partial charge in [0.05, 0.1) is 6.61 Å². The molecule has 1 atom stereocenters. The highest BCUT2D eigenvalue weighted by Gasteiger charge is 2.06. The quantitative estimate of drug-likeness (QED) is 0.593. The molecule has 1 aromatic rings. The van der Waals surface area contributed by atoms with E-state index in [1.807, 2.05) is 36.0 Å². The van der Waals surface area contributed by atoms with Gasteiger partial charge in [-0.2, -0.15) is 11.8 Å². The van der Waals surface area contributed by atoms with E-state index in [-0.39, 0.29) is 0 Å². The molecule has 96 valence electrons. The predicted octanol–water partition coefficient (Wildman–Crippen LogP) is 3.82. The molecular formula is C14H23NOS. The van der Waals surface area contributed by atoms with Gasteiger partial charge in [0.25, 0.3) is 0 Å². The summed E-state index contributed by atoms with van der Waals surface area (Å²) >= 11 is 2.02. The Labute approximate surface area is 109 Å². The molecule has 0 fully saturated rings. The van der Waals surface area contributed by atoms with E-state index in [0.29, 0.717) is 0 Å². The number of nitrogens with two attached hydrogens (primary N) is 1. The van der Waals surface area contributed by atoms with Crippen LogP contribution in [0.5, 0.6) is 5.75 Å². The number of benzene rings is 1. The summed E-state index contributed by atoms with van der Waals surface area (Å²) < 4.78 is 5.63. The molecule has 0 radical (unpaired) electrons. The van der Waals surface area contributed by atoms with Crippen molar-refractivity contribution >= 4 is 17.4 Å². The Hall–Kier alpha value is -0.830. The molecule has 0 spiro atoms. The van der Waals surface area contributed by atoms with Crippen LogP contribution in [0.3, 0.4) is 0 Å². The normalized spacial score (nSPS) is 12.7. The van der Waals surface area contributed by atoms with Crippen LogP contribution in [0.2, 0.25) is 0 Å². The highest BCUT2D eigenvalue weighted by Crippen LogP contribution is 2.19. The Morgan fingerprint density at radius 3 is 2.41 bits per heavy atom. The standard InChI is InChI=1S/C14H23NOS/c1-11(2)12(3)17-10-4-9-16-14-7-5-13(15)6-8-14/h5-8,11-12H,4,9-10,15H2,1-3H3. The Morgan fingerprint density at radius 2 is 1.82 bits per heavy atom. The average molecular weight is 253 g/mol. The lowest BCUT2D eigenvalue weighted by molar-refractivity contribution is 0.318. The molecule has 2 nitrogen and oxygen atoms in total. The fraction of sp³-hybridized carbons (Fsp3) is 0.571. The molecular weight excluding hydrogens is 230 g/mol. The summed E-state index contributed by atoms with van der Waals surface area (Å²) in [5.74, 6) is 2.81. The second kappa shape index (κ2) is 7.49. The Balaban J connectivity index is 2.10. The van der Waals surface area contributed by atoms with E-state index in [2.05, 4.69) is 20.8 Å². The molecule has 0 aliphatic carbocycles. The third kappa shape index (κ3) is 5.87. The third-order valence-corrected chi connectivity index (χ3v) is 4.35. The first-order valence-corrected chi connectivity index (χ1v) is 7.24. The van der Waals surface area contributed by atoms with Crippen LogP contribution < -0.4 is 10.5 Å². The van der Waals surface area contributed by atoms with Crippen LogP contribution in [0.4, 0.5) is 5.69 Å². The Kier molecular flexibility index (Phi) is 6.27. The number of hydrogen-bond donors (Lipinski definition) is 1. The highest BCUT2D eigenvalue weighted by molar-refractivity contribution is 7.99. The van der Waals surface area contributed by atoms with Crippen molar-refractivity contribution in [3.63, 3.8) is 0 Å². The van der Waals surface area contributed by atoms with Crippen LogP contribution in [-0.4, -0.2) is 17.6 Å². The third-order valence-electron chi connectivity index (χ3n) is 2.76. The number of ether oxygens (including phenoxy) is 1. The second-order valence-corrected chi connectivity index (χ2v) is 6.08. The molecule has 0 aliphatic rings. The molecule has 0 saturated carbocycles. The van der Waals surface area contributed by atoms with Crippen LogP contribution in [0.1, 0.15) is 27.2 Å². The summed E-state index contributed by atoms with van der Waals surface area (Å²) in [6, 6.07) is 7.56. The van der Waals surface area contributed by atoms with Crippen molar-refractivity contribution in [3.8, 4) is 5.75 Å². The summed E-state index contributed by atoms with van der Waals surface area (Å²) in [6.07, 6.45) is 1.09. The maximum Gasteiger partial charge on any atom is 0.119 e. The molecule has 0 amide bonds. The molecule has 2 N–H and O–H groups in total. The lowest BCUT2D eigenvalue weighted by Crippen LogP contribution is -2.07. The summed E-state index contributed by atoms with van der Waals surface area (Å²) in [5.41, 5.74) is 6.38. The van der Waals surface area contributed by atoms with Crippen molar-refractivity contribution in [3.05, 3.63) is 24.3 Å². The molecule has 3 heteroatoms. The molecule has 1 aromatic carbocycles. The fourth-order valence-electron chi connectivity index (χ4n) is 1.27. The van der Waals surface area contributed by atoms with Gasteiger partial charge in [0, 0.05) is 10.9 Å². The van der Waals surface area contributed by atoms with Crippen LogP contribution in [-0.2, 0) is 0 Å². The smallest absolute Gasteiger partial charge is 0.119 e. The largest absolute Gasteiger partial charge is 0.494 e. The summed E-state index contributed by atoms with van der Waals surface area (Å²) in [5, 5.41) is 0.728. The monoisotopic (exact) mass is 253 g/mol. The van der Waals surface area contributed by atoms with Crippen molar-refractivity contribution in [1.29, 1.82) is 0 Å². The van der Waals surface area contributed by atoms with E-state index >= 15 is 0 Å². The van der Waals surface area contributed by atoms with Crippen LogP contribution in [0.15, 0.2) is 24.3 Å². The van der Waals surface area contributed by atoms with Crippen molar-refractivity contribution in [2.75, 3.05) is 18.1 Å². The number of anilines is 1. The van der Waals surface area contributed by atoms with E-state index in [0.717, 1.165) is 41.4 Å². The molecule has 0 bridgehead atoms. The predicted molar refractivity (Wildman–Crippen MR) is 77.7 cm³/mol. The van der Waals surface area contributed by atoms with E-state index in [4.69, 9.17) is 10.5 Å². The van der Waals surface area contributed by atoms with E-state index < -0.39 is 0 Å². The lowest BCUT2D eigenvalue weighted by Gasteiger charge is -2.14. The van der Waals surface area contributed by atoms with Gasteiger partial charge in [0.15, 0.2) is 0 Å². The number of rotatable bonds is 7. The average Bonchev–Trinajstić information content (AvgIpc) is 2.30. The molecule has 0 aromatic heterocycles. The molecule has 1 unspecified atom stereocenters. The van der Waals surface area contributed by atoms with Gasteiger partial charge in [-0.25, -0.2) is 0 Å². The summed E-state index contributed by atoms with van der Waals surface area (Å²) in [4.78, 5) is 0. The van der Waals surface area contributed by atoms with Gasteiger partial charge in [-0.1, -0.05) is 20.8 Å². The molecule has 17 heavy (non-hydrogen) atoms. The second-order valence-electron chi connectivity index (χ2n) is 4.59. The van der Waals surface area contributed by atoms with Gasteiger partial charge in [0.1, 0.15) is 5.75 Å². The first kappa shape index (κ1) is 14.2. The number of hydrogen-bond acceptors (Lipinski definition) is 3. The minimum Gasteiger partial charge on any atom is -0.494 e. The molecule has 0 heterocycles. The zero-order chi connectivity index (χ0) is 12.7. The van der Waals surface area contributed by atoms with Crippen molar-refractivity contribution in [2.24, 2.45) is 5.92 Å². The van der Waals surface area contributed by atoms with Gasteiger partial charge in [0.2, 0.25) is 0 Å². The van der Waals surface area contributed by atoms with E-state index in [1.54, 1.807) is 0 Å². The Morgan fingerprint density at radius 1 is 1.18 bits per heavy atom. The zero-order valence-electron chi connectivity index (χ0n) is 11.0. The highest BCUT2D eigenvalue weighted by atomic mass is 32.2. The van der Waals surface area contributed by atoms with E-state index in [1.165, 1.54) is 0 Å². The van der Waals surface area contributed by atoms with Gasteiger partial charge in [-0.05, 0) is 42.4 Å². The first-order valence-electron chi connectivity index (χ1n) is 6.19. The number of thioether (sulfide) groups is 1. The minimum atomic E-state index is 0.728. The van der Waals surface area contributed by atoms with Gasteiger partial charge < -0.3 is 10.5 Å². The fourth-order valence-corrected chi connectivity index (χ4v) is 2.32. The van der Waals surface area contributed by atoms with Crippen LogP contribution in [0, 0.1) is 5.92 Å². The van der Waals surface area contributed by atoms with Gasteiger partial charge in [-0.15, -0.1) is 0 Å². The molecule has 1 rings (SSSR count). The maximum absolute atomic E-state index is 5.63. The summed E-state index contributed by atoms with van der Waals surface area (Å²) in [6.45, 7) is 7.60. The minimum absolute atomic E-state index is 0.728. The Bertz CT molecular complexity index is 311. The topological polar surface area (TPSA) is 35.2 Å². The first-order chi connectivity index (χ1) is 8.09. The maximum atomic E-state index is 5.63. The van der Waals surface area contributed by atoms with Gasteiger partial charge >= 0.3 is 0 Å². The summed E-state index contributed by atoms with van der Waals surface area (Å²) in [7, 11) is 0. The van der Waals surface area contributed by atoms with Crippen LogP contribution in [0.25, 0.3) is 0 Å². The van der Waals surface area contributed by atoms with Gasteiger partial charge in [-0.3, -0.25) is 0 Å². The molecule has 0 aliphatic heterocycles. The zero-order valence-corrected chi connectivity index (χ0v) is 11.8. The number of nitrogen functional groups attached to an aromatic ring is 1. The van der Waals surface area contributed by atoms with Crippen LogP contribution >= 0.6 is 11.8 Å². The van der Waals surface area contributed by atoms with E-state index in [9.17, 15) is 0 Å². The van der Waals surface area contributed by atoms with Crippen molar-refractivity contribution in [1.82, 2.24) is 0 Å². The van der Waals surface area contributed by atoms with Crippen molar-refractivity contribution < 1.29 is 4.74 Å². The van der Waals surface area contributed by atoms with Crippen molar-refractivity contribution in [2.45, 2.75) is 32.4 Å². The molecule has 0 saturated heterocycles.